The predicted octanol–water partition coefficient (Wildman–Crippen LogP) is 3.82. The van der Waals surface area contributed by atoms with Crippen LogP contribution in [-0.4, -0.2) is 13.2 Å². The molecule has 2 atom stereocenters. The number of methoxy groups -OCH3 is 1. The maximum absolute atomic E-state index is 6.23. The van der Waals surface area contributed by atoms with Crippen LogP contribution in [-0.2, 0) is 0 Å². The van der Waals surface area contributed by atoms with E-state index in [-0.39, 0.29) is 12.1 Å². The van der Waals surface area contributed by atoms with E-state index in [1.165, 1.54) is 0 Å². The second-order valence-electron chi connectivity index (χ2n) is 4.60. The quantitative estimate of drug-likeness (QED) is 0.911. The van der Waals surface area contributed by atoms with Gasteiger partial charge in [0.15, 0.2) is 0 Å². The van der Waals surface area contributed by atoms with Crippen molar-refractivity contribution in [1.29, 1.82) is 0 Å². The highest BCUT2D eigenvalue weighted by Gasteiger charge is 2.20. The molecular weight excluding hydrogens is 274 g/mol. The number of nitrogens with two attached hydrogens (primary N) is 1. The van der Waals surface area contributed by atoms with Crippen LogP contribution in [0.15, 0.2) is 48.5 Å². The van der Waals surface area contributed by atoms with Crippen LogP contribution < -0.4 is 15.2 Å². The topological polar surface area (TPSA) is 44.5 Å². The van der Waals surface area contributed by atoms with Crippen LogP contribution in [0.4, 0.5) is 0 Å². The van der Waals surface area contributed by atoms with Gasteiger partial charge in [-0.25, -0.2) is 0 Å². The largest absolute Gasteiger partial charge is 0.497 e. The first-order chi connectivity index (χ1) is 9.61. The molecule has 0 saturated carbocycles. The first kappa shape index (κ1) is 14.7. The summed E-state index contributed by atoms with van der Waals surface area (Å²) in [5, 5.41) is 0.651. The summed E-state index contributed by atoms with van der Waals surface area (Å²) in [6.07, 6.45) is -0.309. The van der Waals surface area contributed by atoms with Crippen LogP contribution in [0.1, 0.15) is 18.6 Å². The van der Waals surface area contributed by atoms with E-state index in [9.17, 15) is 0 Å². The molecule has 0 bridgehead atoms. The van der Waals surface area contributed by atoms with E-state index in [2.05, 4.69) is 0 Å². The van der Waals surface area contributed by atoms with Crippen molar-refractivity contribution in [2.24, 2.45) is 5.73 Å². The molecule has 106 valence electrons. The van der Waals surface area contributed by atoms with Crippen LogP contribution in [0.2, 0.25) is 5.02 Å². The zero-order chi connectivity index (χ0) is 14.5. The number of benzene rings is 2. The summed E-state index contributed by atoms with van der Waals surface area (Å²) in [6, 6.07) is 14.8. The molecule has 0 heterocycles. The summed E-state index contributed by atoms with van der Waals surface area (Å²) in [6.45, 7) is 1.90. The molecule has 0 amide bonds. The monoisotopic (exact) mass is 291 g/mol. The van der Waals surface area contributed by atoms with E-state index < -0.39 is 0 Å². The Hall–Kier alpha value is -1.71. The lowest BCUT2D eigenvalue weighted by Gasteiger charge is -2.24. The molecule has 3 nitrogen and oxygen atoms in total. The minimum Gasteiger partial charge on any atom is -0.497 e. The smallest absolute Gasteiger partial charge is 0.140 e. The van der Waals surface area contributed by atoms with Crippen molar-refractivity contribution < 1.29 is 9.47 Å². The molecule has 2 aromatic carbocycles. The fraction of sp³-hybridized carbons (Fsp3) is 0.250. The van der Waals surface area contributed by atoms with Crippen LogP contribution in [0.25, 0.3) is 0 Å². The van der Waals surface area contributed by atoms with Gasteiger partial charge in [0, 0.05) is 22.7 Å². The molecule has 0 saturated heterocycles. The molecule has 2 aromatic rings. The van der Waals surface area contributed by atoms with Crippen molar-refractivity contribution in [2.45, 2.75) is 19.1 Å². The zero-order valence-electron chi connectivity index (χ0n) is 11.5. The summed E-state index contributed by atoms with van der Waals surface area (Å²) < 4.78 is 11.2. The van der Waals surface area contributed by atoms with E-state index in [0.29, 0.717) is 10.8 Å². The molecule has 2 rings (SSSR count). The second-order valence-corrected chi connectivity index (χ2v) is 5.01. The van der Waals surface area contributed by atoms with Gasteiger partial charge in [0.1, 0.15) is 17.6 Å². The molecule has 0 spiro atoms. The summed E-state index contributed by atoms with van der Waals surface area (Å²) >= 11 is 6.23. The van der Waals surface area contributed by atoms with Gasteiger partial charge >= 0.3 is 0 Å². The van der Waals surface area contributed by atoms with Crippen molar-refractivity contribution in [3.8, 4) is 11.5 Å². The number of hydrogen-bond acceptors (Lipinski definition) is 3. The lowest BCUT2D eigenvalue weighted by molar-refractivity contribution is 0.180. The average Bonchev–Trinajstić information content (AvgIpc) is 2.45. The van der Waals surface area contributed by atoms with Crippen LogP contribution in [0.3, 0.4) is 0 Å². The van der Waals surface area contributed by atoms with Gasteiger partial charge in [-0.05, 0) is 25.1 Å². The highest BCUT2D eigenvalue weighted by Crippen LogP contribution is 2.30. The van der Waals surface area contributed by atoms with E-state index in [1.54, 1.807) is 7.11 Å². The van der Waals surface area contributed by atoms with Gasteiger partial charge in [-0.15, -0.1) is 0 Å². The zero-order valence-corrected chi connectivity index (χ0v) is 12.3. The Morgan fingerprint density at radius 3 is 2.40 bits per heavy atom. The molecule has 0 aliphatic rings. The lowest BCUT2D eigenvalue weighted by atomic mass is 10.0. The Kier molecular flexibility index (Phi) is 4.88. The van der Waals surface area contributed by atoms with Crippen LogP contribution in [0.5, 0.6) is 11.5 Å². The number of rotatable bonds is 5. The minimum absolute atomic E-state index is 0.193. The van der Waals surface area contributed by atoms with Crippen molar-refractivity contribution in [3.63, 3.8) is 0 Å². The van der Waals surface area contributed by atoms with Gasteiger partial charge in [0.25, 0.3) is 0 Å². The van der Waals surface area contributed by atoms with E-state index in [0.717, 1.165) is 11.3 Å². The highest BCUT2D eigenvalue weighted by atomic mass is 35.5. The number of halogens is 1. The molecule has 2 N–H and O–H groups in total. The third-order valence-electron chi connectivity index (χ3n) is 2.99. The minimum atomic E-state index is -0.309. The molecule has 4 heteroatoms. The number of ether oxygens (including phenoxy) is 2. The molecule has 0 radical (unpaired) electrons. The maximum Gasteiger partial charge on any atom is 0.140 e. The maximum atomic E-state index is 6.23. The van der Waals surface area contributed by atoms with Crippen LogP contribution in [0, 0.1) is 0 Å². The average molecular weight is 292 g/mol. The Bertz CT molecular complexity index is 572. The SMILES string of the molecule is COc1cccc(OC(c2ccccc2Cl)C(C)N)c1. The highest BCUT2D eigenvalue weighted by molar-refractivity contribution is 6.31. The van der Waals surface area contributed by atoms with Crippen molar-refractivity contribution >= 4 is 11.6 Å². The molecule has 20 heavy (non-hydrogen) atoms. The second kappa shape index (κ2) is 6.64. The fourth-order valence-electron chi connectivity index (χ4n) is 1.98. The Morgan fingerprint density at radius 1 is 1.05 bits per heavy atom. The first-order valence-electron chi connectivity index (χ1n) is 6.42. The predicted molar refractivity (Wildman–Crippen MR) is 81.5 cm³/mol. The lowest BCUT2D eigenvalue weighted by Crippen LogP contribution is -2.29. The molecular formula is C16H18ClNO2. The Balaban J connectivity index is 2.28. The van der Waals surface area contributed by atoms with Crippen molar-refractivity contribution in [1.82, 2.24) is 0 Å². The normalized spacial score (nSPS) is 13.6. The van der Waals surface area contributed by atoms with Gasteiger partial charge in [-0.3, -0.25) is 0 Å². The van der Waals surface area contributed by atoms with Gasteiger partial charge in [-0.2, -0.15) is 0 Å². The van der Waals surface area contributed by atoms with Crippen molar-refractivity contribution in [2.75, 3.05) is 7.11 Å². The number of hydrogen-bond donors (Lipinski definition) is 1. The third kappa shape index (κ3) is 3.44. The van der Waals surface area contributed by atoms with E-state index in [1.807, 2.05) is 55.5 Å². The summed E-state index contributed by atoms with van der Waals surface area (Å²) in [5.41, 5.74) is 6.92. The standard InChI is InChI=1S/C16H18ClNO2/c1-11(18)16(14-8-3-4-9-15(14)17)20-13-7-5-6-12(10-13)19-2/h3-11,16H,18H2,1-2H3. The molecule has 0 aliphatic carbocycles. The third-order valence-corrected chi connectivity index (χ3v) is 3.34. The van der Waals surface area contributed by atoms with Crippen molar-refractivity contribution in [3.05, 3.63) is 59.1 Å². The molecule has 0 fully saturated rings. The van der Waals surface area contributed by atoms with E-state index >= 15 is 0 Å². The molecule has 0 aromatic heterocycles. The Labute approximate surface area is 124 Å². The summed E-state index contributed by atoms with van der Waals surface area (Å²) in [7, 11) is 1.62. The molecule has 2 unspecified atom stereocenters. The summed E-state index contributed by atoms with van der Waals surface area (Å²) in [4.78, 5) is 0. The van der Waals surface area contributed by atoms with Crippen LogP contribution >= 0.6 is 11.6 Å². The Morgan fingerprint density at radius 2 is 1.75 bits per heavy atom. The van der Waals surface area contributed by atoms with Gasteiger partial charge in [0.2, 0.25) is 0 Å². The first-order valence-corrected chi connectivity index (χ1v) is 6.80. The fourth-order valence-corrected chi connectivity index (χ4v) is 2.22. The van der Waals surface area contributed by atoms with Gasteiger partial charge in [-0.1, -0.05) is 35.9 Å². The molecule has 0 aliphatic heterocycles. The van der Waals surface area contributed by atoms with Gasteiger partial charge < -0.3 is 15.2 Å². The van der Waals surface area contributed by atoms with Gasteiger partial charge in [0.05, 0.1) is 7.11 Å². The summed E-state index contributed by atoms with van der Waals surface area (Å²) in [5.74, 6) is 1.44. The van der Waals surface area contributed by atoms with E-state index in [4.69, 9.17) is 26.8 Å².